The topological polar surface area (TPSA) is 48.5 Å². The number of carbonyl (C=O) groups excluding carboxylic acids is 1. The summed E-state index contributed by atoms with van der Waals surface area (Å²) in [4.78, 5) is 20.8. The van der Waals surface area contributed by atoms with Crippen LogP contribution in [0.25, 0.3) is 0 Å². The summed E-state index contributed by atoms with van der Waals surface area (Å²) in [7, 11) is 3.77. The Kier molecular flexibility index (Phi) is 4.87. The number of nitrogens with one attached hydrogen (secondary N) is 1. The molecule has 0 saturated carbocycles. The Labute approximate surface area is 114 Å². The SMILES string of the molecule is CNC(=O)C1CN(C)CCN(Cc2ccccn2)C1. The number of amides is 1. The van der Waals surface area contributed by atoms with Crippen LogP contribution in [0.5, 0.6) is 0 Å². The molecule has 0 aliphatic carbocycles. The second-order valence-electron chi connectivity index (χ2n) is 5.13. The molecule has 1 fully saturated rings. The van der Waals surface area contributed by atoms with Crippen molar-refractivity contribution in [2.75, 3.05) is 40.3 Å². The Morgan fingerprint density at radius 3 is 2.95 bits per heavy atom. The molecule has 1 saturated heterocycles. The standard InChI is InChI=1S/C14H22N4O/c1-15-14(19)12-9-17(2)7-8-18(10-12)11-13-5-3-4-6-16-13/h3-6,12H,7-11H2,1-2H3,(H,15,19). The Balaban J connectivity index is 2.02. The van der Waals surface area contributed by atoms with Crippen molar-refractivity contribution in [2.24, 2.45) is 5.92 Å². The van der Waals surface area contributed by atoms with E-state index in [9.17, 15) is 4.79 Å². The van der Waals surface area contributed by atoms with Crippen molar-refractivity contribution >= 4 is 5.91 Å². The minimum absolute atomic E-state index is 0.0289. The summed E-state index contributed by atoms with van der Waals surface area (Å²) >= 11 is 0. The van der Waals surface area contributed by atoms with E-state index in [1.165, 1.54) is 0 Å². The molecular formula is C14H22N4O. The van der Waals surface area contributed by atoms with Crippen LogP contribution in [0.3, 0.4) is 0 Å². The highest BCUT2D eigenvalue weighted by molar-refractivity contribution is 5.78. The fourth-order valence-corrected chi connectivity index (χ4v) is 2.47. The zero-order valence-electron chi connectivity index (χ0n) is 11.7. The zero-order valence-corrected chi connectivity index (χ0v) is 11.7. The van der Waals surface area contributed by atoms with Crippen LogP contribution in [0.4, 0.5) is 0 Å². The molecule has 1 aliphatic rings. The largest absolute Gasteiger partial charge is 0.359 e. The molecule has 1 aromatic heterocycles. The third-order valence-electron chi connectivity index (χ3n) is 3.54. The summed E-state index contributed by atoms with van der Waals surface area (Å²) in [6.07, 6.45) is 1.81. The monoisotopic (exact) mass is 262 g/mol. The lowest BCUT2D eigenvalue weighted by Gasteiger charge is -2.22. The highest BCUT2D eigenvalue weighted by Gasteiger charge is 2.25. The third kappa shape index (κ3) is 4.01. The van der Waals surface area contributed by atoms with Crippen LogP contribution < -0.4 is 5.32 Å². The molecule has 2 heterocycles. The molecule has 1 amide bonds. The van der Waals surface area contributed by atoms with E-state index in [1.54, 1.807) is 7.05 Å². The smallest absolute Gasteiger partial charge is 0.225 e. The van der Waals surface area contributed by atoms with Crippen LogP contribution in [-0.4, -0.2) is 61.0 Å². The van der Waals surface area contributed by atoms with Crippen molar-refractivity contribution in [1.82, 2.24) is 20.1 Å². The van der Waals surface area contributed by atoms with Crippen LogP contribution in [0.2, 0.25) is 0 Å². The molecule has 19 heavy (non-hydrogen) atoms. The van der Waals surface area contributed by atoms with Gasteiger partial charge >= 0.3 is 0 Å². The first-order valence-corrected chi connectivity index (χ1v) is 6.71. The molecular weight excluding hydrogens is 240 g/mol. The number of hydrogen-bond acceptors (Lipinski definition) is 4. The van der Waals surface area contributed by atoms with Gasteiger partial charge in [-0.25, -0.2) is 0 Å². The Morgan fingerprint density at radius 2 is 2.26 bits per heavy atom. The van der Waals surface area contributed by atoms with Crippen molar-refractivity contribution in [3.8, 4) is 0 Å². The summed E-state index contributed by atoms with van der Waals surface area (Å²) < 4.78 is 0. The molecule has 1 atom stereocenters. The predicted molar refractivity (Wildman–Crippen MR) is 74.6 cm³/mol. The van der Waals surface area contributed by atoms with Crippen molar-refractivity contribution in [3.05, 3.63) is 30.1 Å². The quantitative estimate of drug-likeness (QED) is 0.845. The lowest BCUT2D eigenvalue weighted by molar-refractivity contribution is -0.125. The second kappa shape index (κ2) is 6.63. The molecule has 0 bridgehead atoms. The fraction of sp³-hybridized carbons (Fsp3) is 0.571. The van der Waals surface area contributed by atoms with E-state index in [4.69, 9.17) is 0 Å². The first-order chi connectivity index (χ1) is 9.19. The predicted octanol–water partition coefficient (Wildman–Crippen LogP) is 0.191. The number of likely N-dealkylation sites (N-methyl/N-ethyl adjacent to an activating group) is 1. The number of carbonyl (C=O) groups is 1. The number of nitrogens with zero attached hydrogens (tertiary/aromatic N) is 3. The normalized spacial score (nSPS) is 21.9. The molecule has 0 radical (unpaired) electrons. The van der Waals surface area contributed by atoms with Gasteiger partial charge in [-0.05, 0) is 19.2 Å². The average molecular weight is 262 g/mol. The second-order valence-corrected chi connectivity index (χ2v) is 5.13. The minimum atomic E-state index is 0.0289. The van der Waals surface area contributed by atoms with Gasteiger partial charge in [0.15, 0.2) is 0 Å². The first kappa shape index (κ1) is 14.0. The van der Waals surface area contributed by atoms with E-state index in [0.29, 0.717) is 0 Å². The van der Waals surface area contributed by atoms with Gasteiger partial charge in [0.1, 0.15) is 0 Å². The highest BCUT2D eigenvalue weighted by Crippen LogP contribution is 2.11. The maximum absolute atomic E-state index is 11.9. The van der Waals surface area contributed by atoms with Gasteiger partial charge in [0.05, 0.1) is 11.6 Å². The van der Waals surface area contributed by atoms with Crippen LogP contribution in [-0.2, 0) is 11.3 Å². The van der Waals surface area contributed by atoms with Gasteiger partial charge in [-0.1, -0.05) is 6.07 Å². The molecule has 104 valence electrons. The maximum Gasteiger partial charge on any atom is 0.225 e. The van der Waals surface area contributed by atoms with Gasteiger partial charge in [-0.15, -0.1) is 0 Å². The molecule has 0 aromatic carbocycles. The maximum atomic E-state index is 11.9. The Hall–Kier alpha value is -1.46. The van der Waals surface area contributed by atoms with Crippen molar-refractivity contribution in [3.63, 3.8) is 0 Å². The van der Waals surface area contributed by atoms with E-state index in [0.717, 1.165) is 38.4 Å². The van der Waals surface area contributed by atoms with Gasteiger partial charge in [0, 0.05) is 46.0 Å². The molecule has 2 rings (SSSR count). The van der Waals surface area contributed by atoms with Crippen LogP contribution in [0.15, 0.2) is 24.4 Å². The van der Waals surface area contributed by atoms with Crippen molar-refractivity contribution in [2.45, 2.75) is 6.54 Å². The van der Waals surface area contributed by atoms with Crippen LogP contribution in [0.1, 0.15) is 5.69 Å². The molecule has 1 N–H and O–H groups in total. The lowest BCUT2D eigenvalue weighted by Crippen LogP contribution is -2.39. The molecule has 1 unspecified atom stereocenters. The van der Waals surface area contributed by atoms with Gasteiger partial charge in [-0.3, -0.25) is 14.7 Å². The molecule has 5 nitrogen and oxygen atoms in total. The number of pyridine rings is 1. The van der Waals surface area contributed by atoms with E-state index < -0.39 is 0 Å². The zero-order chi connectivity index (χ0) is 13.7. The average Bonchev–Trinajstić information content (AvgIpc) is 2.61. The van der Waals surface area contributed by atoms with Gasteiger partial charge in [-0.2, -0.15) is 0 Å². The summed E-state index contributed by atoms with van der Waals surface area (Å²) in [5.41, 5.74) is 1.06. The summed E-state index contributed by atoms with van der Waals surface area (Å²) in [5.74, 6) is 0.154. The number of aromatic nitrogens is 1. The fourth-order valence-electron chi connectivity index (χ4n) is 2.47. The molecule has 5 heteroatoms. The lowest BCUT2D eigenvalue weighted by atomic mass is 10.1. The van der Waals surface area contributed by atoms with Gasteiger partial charge in [0.2, 0.25) is 5.91 Å². The van der Waals surface area contributed by atoms with Gasteiger partial charge < -0.3 is 10.2 Å². The molecule has 0 spiro atoms. The van der Waals surface area contributed by atoms with Gasteiger partial charge in [0.25, 0.3) is 0 Å². The van der Waals surface area contributed by atoms with E-state index in [-0.39, 0.29) is 11.8 Å². The third-order valence-corrected chi connectivity index (χ3v) is 3.54. The van der Waals surface area contributed by atoms with E-state index in [1.807, 2.05) is 24.4 Å². The minimum Gasteiger partial charge on any atom is -0.359 e. The molecule has 1 aromatic rings. The Morgan fingerprint density at radius 1 is 1.42 bits per heavy atom. The first-order valence-electron chi connectivity index (χ1n) is 6.71. The number of hydrogen-bond donors (Lipinski definition) is 1. The van der Waals surface area contributed by atoms with Crippen molar-refractivity contribution in [1.29, 1.82) is 0 Å². The van der Waals surface area contributed by atoms with E-state index in [2.05, 4.69) is 27.1 Å². The van der Waals surface area contributed by atoms with Crippen molar-refractivity contribution < 1.29 is 4.79 Å². The Bertz CT molecular complexity index is 409. The molecule has 1 aliphatic heterocycles. The van der Waals surface area contributed by atoms with Crippen LogP contribution >= 0.6 is 0 Å². The number of rotatable bonds is 3. The van der Waals surface area contributed by atoms with E-state index >= 15 is 0 Å². The summed E-state index contributed by atoms with van der Waals surface area (Å²) in [6, 6.07) is 5.96. The van der Waals surface area contributed by atoms with Crippen LogP contribution in [0, 0.1) is 5.92 Å². The highest BCUT2D eigenvalue weighted by atomic mass is 16.1. The summed E-state index contributed by atoms with van der Waals surface area (Å²) in [5, 5.41) is 2.76. The summed E-state index contributed by atoms with van der Waals surface area (Å²) in [6.45, 7) is 4.38.